The molecular formula is C11H18N4O9S2. The van der Waals surface area contributed by atoms with Crippen molar-refractivity contribution in [3.8, 4) is 0 Å². The number of esters is 1. The number of piperidine rings is 1. The van der Waals surface area contributed by atoms with Crippen LogP contribution in [0.2, 0.25) is 0 Å². The van der Waals surface area contributed by atoms with Crippen LogP contribution in [-0.4, -0.2) is 80.2 Å². The average Bonchev–Trinajstić information content (AvgIpc) is 2.70. The quantitative estimate of drug-likeness (QED) is 0.209. The first kappa shape index (κ1) is 20.3. The molecular weight excluding hydrogens is 396 g/mol. The van der Waals surface area contributed by atoms with E-state index in [1.165, 1.54) is 6.92 Å². The van der Waals surface area contributed by atoms with E-state index in [0.29, 0.717) is 5.06 Å². The molecule has 2 fully saturated rings. The molecule has 0 aliphatic carbocycles. The molecule has 2 rings (SSSR count). The minimum atomic E-state index is -4.89. The predicted molar refractivity (Wildman–Crippen MR) is 85.4 cm³/mol. The van der Waals surface area contributed by atoms with E-state index < -0.39 is 56.1 Å². The second-order valence-electron chi connectivity index (χ2n) is 5.56. The molecule has 26 heavy (non-hydrogen) atoms. The van der Waals surface area contributed by atoms with Crippen LogP contribution in [-0.2, 0) is 34.2 Å². The van der Waals surface area contributed by atoms with Gasteiger partial charge in [-0.1, -0.05) is 0 Å². The van der Waals surface area contributed by atoms with Gasteiger partial charge in [0.05, 0.1) is 18.7 Å². The van der Waals surface area contributed by atoms with Crippen molar-refractivity contribution in [3.63, 3.8) is 0 Å². The number of nitrogens with zero attached hydrogens (tertiary/aromatic N) is 3. The second-order valence-corrected chi connectivity index (χ2v) is 8.20. The van der Waals surface area contributed by atoms with Crippen molar-refractivity contribution in [2.45, 2.75) is 31.8 Å². The zero-order chi connectivity index (χ0) is 19.7. The van der Waals surface area contributed by atoms with Crippen LogP contribution in [0, 0.1) is 0 Å². The summed E-state index contributed by atoms with van der Waals surface area (Å²) in [5.41, 5.74) is 5.70. The molecule has 2 aliphatic rings. The number of ether oxygens (including phenoxy) is 1. The molecule has 2 saturated heterocycles. The lowest BCUT2D eigenvalue weighted by molar-refractivity contribution is -0.139. The topological polar surface area (TPSA) is 186 Å². The van der Waals surface area contributed by atoms with Gasteiger partial charge < -0.3 is 15.4 Å². The SMILES string of the molecule is CCOC(=O)CS(=O)(=O)N=C(N)C1CCC2CN1C(=O)N2OS(=O)(=O)O. The number of hydrogen-bond acceptors (Lipinski definition) is 8. The summed E-state index contributed by atoms with van der Waals surface area (Å²) in [6.07, 6.45) is 0.419. The number of carbonyl (C=O) groups is 2. The van der Waals surface area contributed by atoms with Crippen molar-refractivity contribution in [1.82, 2.24) is 9.96 Å². The molecule has 0 saturated carbocycles. The Bertz CT molecular complexity index is 823. The van der Waals surface area contributed by atoms with Crippen LogP contribution in [0.4, 0.5) is 4.79 Å². The van der Waals surface area contributed by atoms with Crippen molar-refractivity contribution in [3.05, 3.63) is 0 Å². The minimum Gasteiger partial charge on any atom is -0.465 e. The van der Waals surface area contributed by atoms with E-state index >= 15 is 0 Å². The summed E-state index contributed by atoms with van der Waals surface area (Å²) in [7, 11) is -9.15. The lowest BCUT2D eigenvalue weighted by Gasteiger charge is -2.29. The number of rotatable bonds is 7. The molecule has 2 bridgehead atoms. The van der Waals surface area contributed by atoms with Crippen molar-refractivity contribution in [1.29, 1.82) is 0 Å². The summed E-state index contributed by atoms with van der Waals surface area (Å²) in [6.45, 7) is 1.52. The molecule has 0 radical (unpaired) electrons. The Balaban J connectivity index is 2.15. The summed E-state index contributed by atoms with van der Waals surface area (Å²) >= 11 is 0. The number of amidine groups is 1. The molecule has 2 heterocycles. The Kier molecular flexibility index (Phi) is 5.74. The number of hydrogen-bond donors (Lipinski definition) is 2. The monoisotopic (exact) mass is 414 g/mol. The average molecular weight is 414 g/mol. The van der Waals surface area contributed by atoms with Crippen molar-refractivity contribution < 1.29 is 40.0 Å². The number of amides is 2. The normalized spacial score (nSPS) is 24.1. The van der Waals surface area contributed by atoms with Crippen molar-refractivity contribution in [2.75, 3.05) is 18.9 Å². The van der Waals surface area contributed by atoms with Crippen molar-refractivity contribution >= 4 is 38.3 Å². The third-order valence-corrected chi connectivity index (χ3v) is 5.13. The van der Waals surface area contributed by atoms with Crippen LogP contribution in [0.15, 0.2) is 4.40 Å². The molecule has 2 unspecified atom stereocenters. The highest BCUT2D eigenvalue weighted by Crippen LogP contribution is 2.30. The van der Waals surface area contributed by atoms with Crippen LogP contribution < -0.4 is 5.73 Å². The van der Waals surface area contributed by atoms with E-state index in [1.54, 1.807) is 0 Å². The van der Waals surface area contributed by atoms with E-state index in [0.717, 1.165) is 4.90 Å². The van der Waals surface area contributed by atoms with Crippen LogP contribution in [0.25, 0.3) is 0 Å². The Labute approximate surface area is 149 Å². The third kappa shape index (κ3) is 4.80. The van der Waals surface area contributed by atoms with Gasteiger partial charge in [0.25, 0.3) is 10.0 Å². The first-order valence-electron chi connectivity index (χ1n) is 7.44. The fourth-order valence-corrected chi connectivity index (χ4v) is 4.02. The van der Waals surface area contributed by atoms with E-state index in [9.17, 15) is 26.4 Å². The standard InChI is InChI=1S/C11H18N4O9S2/c1-2-23-9(16)6-25(18,19)13-10(12)8-4-3-7-5-14(8)11(17)15(7)24-26(20,21)22/h7-8H,2-6H2,1H3,(H2,12,13)(H,20,21,22). The number of sulfonamides is 1. The Morgan fingerprint density at radius 2 is 2.00 bits per heavy atom. The maximum atomic E-state index is 12.2. The third-order valence-electron chi connectivity index (χ3n) is 3.69. The Hall–Kier alpha value is -1.97. The molecule has 2 amide bonds. The second kappa shape index (κ2) is 7.34. The van der Waals surface area contributed by atoms with Crippen LogP contribution in [0.5, 0.6) is 0 Å². The lowest BCUT2D eigenvalue weighted by atomic mass is 10.0. The number of carbonyl (C=O) groups excluding carboxylic acids is 2. The fraction of sp³-hybridized carbons (Fsp3) is 0.727. The highest BCUT2D eigenvalue weighted by Gasteiger charge is 2.48. The van der Waals surface area contributed by atoms with Gasteiger partial charge in [-0.05, 0) is 19.8 Å². The Morgan fingerprint density at radius 3 is 2.58 bits per heavy atom. The van der Waals surface area contributed by atoms with Crippen LogP contribution >= 0.6 is 0 Å². The largest absolute Gasteiger partial charge is 0.465 e. The highest BCUT2D eigenvalue weighted by atomic mass is 32.3. The van der Waals surface area contributed by atoms with Gasteiger partial charge in [-0.2, -0.15) is 13.5 Å². The summed E-state index contributed by atoms with van der Waals surface area (Å²) in [4.78, 5) is 24.6. The molecule has 0 spiro atoms. The number of fused-ring (bicyclic) bond motifs is 2. The van der Waals surface area contributed by atoms with Crippen LogP contribution in [0.3, 0.4) is 0 Å². The van der Waals surface area contributed by atoms with E-state index in [4.69, 9.17) is 10.3 Å². The predicted octanol–water partition coefficient (Wildman–Crippen LogP) is -1.76. The number of hydroxylamine groups is 2. The van der Waals surface area contributed by atoms with Gasteiger partial charge in [-0.25, -0.2) is 13.2 Å². The van der Waals surface area contributed by atoms with E-state index in [-0.39, 0.29) is 26.0 Å². The number of nitrogens with two attached hydrogens (primary N) is 1. The molecule has 15 heteroatoms. The smallest absolute Gasteiger partial charge is 0.418 e. The summed E-state index contributed by atoms with van der Waals surface area (Å²) < 4.78 is 66.3. The van der Waals surface area contributed by atoms with Gasteiger partial charge in [0.1, 0.15) is 5.84 Å². The van der Waals surface area contributed by atoms with Gasteiger partial charge in [0, 0.05) is 6.54 Å². The molecule has 2 aliphatic heterocycles. The molecule has 0 aromatic rings. The summed E-state index contributed by atoms with van der Waals surface area (Å²) in [5, 5.41) is 0.496. The highest BCUT2D eigenvalue weighted by molar-refractivity contribution is 7.90. The van der Waals surface area contributed by atoms with E-state index in [2.05, 4.69) is 13.4 Å². The zero-order valence-corrected chi connectivity index (χ0v) is 15.3. The van der Waals surface area contributed by atoms with Gasteiger partial charge in [0.2, 0.25) is 0 Å². The summed E-state index contributed by atoms with van der Waals surface area (Å²) in [5.74, 6) is -2.41. The van der Waals surface area contributed by atoms with Gasteiger partial charge in [-0.15, -0.1) is 8.68 Å². The first-order chi connectivity index (χ1) is 11.9. The molecule has 148 valence electrons. The maximum absolute atomic E-state index is 12.2. The first-order valence-corrected chi connectivity index (χ1v) is 10.4. The molecule has 0 aromatic carbocycles. The fourth-order valence-electron chi connectivity index (χ4n) is 2.74. The maximum Gasteiger partial charge on any atom is 0.418 e. The molecule has 3 N–H and O–H groups in total. The van der Waals surface area contributed by atoms with Crippen LogP contribution in [0.1, 0.15) is 19.8 Å². The molecule has 0 aromatic heterocycles. The van der Waals surface area contributed by atoms with E-state index in [1.807, 2.05) is 0 Å². The van der Waals surface area contributed by atoms with Gasteiger partial charge in [0.15, 0.2) is 5.75 Å². The molecule has 13 nitrogen and oxygen atoms in total. The van der Waals surface area contributed by atoms with Gasteiger partial charge in [-0.3, -0.25) is 9.35 Å². The summed E-state index contributed by atoms with van der Waals surface area (Å²) in [6, 6.07) is -2.48. The number of urea groups is 1. The minimum absolute atomic E-state index is 0.00342. The lowest BCUT2D eigenvalue weighted by Crippen LogP contribution is -2.48. The van der Waals surface area contributed by atoms with Gasteiger partial charge >= 0.3 is 22.4 Å². The zero-order valence-electron chi connectivity index (χ0n) is 13.6. The molecule has 2 atom stereocenters. The Morgan fingerprint density at radius 1 is 1.35 bits per heavy atom. The van der Waals surface area contributed by atoms with Crippen molar-refractivity contribution in [2.24, 2.45) is 10.1 Å².